The summed E-state index contributed by atoms with van der Waals surface area (Å²) >= 11 is 1.29. The van der Waals surface area contributed by atoms with E-state index in [9.17, 15) is 4.79 Å². The Morgan fingerprint density at radius 1 is 1.65 bits per heavy atom. The molecule has 0 atom stereocenters. The predicted octanol–water partition coefficient (Wildman–Crippen LogP) is 0.653. The Hall–Kier alpha value is -1.73. The van der Waals surface area contributed by atoms with Crippen LogP contribution < -0.4 is 16.0 Å². The number of benzene rings is 1. The Morgan fingerprint density at radius 3 is 3.18 bits per heavy atom. The van der Waals surface area contributed by atoms with Gasteiger partial charge in [-0.15, -0.1) is 0 Å². The van der Waals surface area contributed by atoms with Gasteiger partial charge in [-0.25, -0.2) is 10.8 Å². The number of imidazole rings is 1. The molecule has 90 valence electrons. The number of hydrogen-bond donors (Lipinski definition) is 3. The number of thioether (sulfide) groups is 1. The standard InChI is InChI=1S/C10H12N4O2S/c1-16-6-2-3-7-8(4-6)13-10(12-7)17-5-9(15)14-11/h2-4H,5,11H2,1H3,(H,12,13)(H,14,15). The maximum Gasteiger partial charge on any atom is 0.244 e. The minimum Gasteiger partial charge on any atom is -0.497 e. The lowest BCUT2D eigenvalue weighted by atomic mass is 10.3. The molecule has 17 heavy (non-hydrogen) atoms. The van der Waals surface area contributed by atoms with Gasteiger partial charge in [0.25, 0.3) is 0 Å². The van der Waals surface area contributed by atoms with Crippen LogP contribution in [0.2, 0.25) is 0 Å². The Labute approximate surface area is 102 Å². The number of carbonyl (C=O) groups excluding carboxylic acids is 1. The fourth-order valence-corrected chi connectivity index (χ4v) is 2.03. The molecular formula is C10H12N4O2S. The summed E-state index contributed by atoms with van der Waals surface area (Å²) in [6.45, 7) is 0. The zero-order chi connectivity index (χ0) is 12.3. The zero-order valence-corrected chi connectivity index (χ0v) is 10.0. The van der Waals surface area contributed by atoms with Gasteiger partial charge in [-0.2, -0.15) is 0 Å². The van der Waals surface area contributed by atoms with E-state index >= 15 is 0 Å². The third-order valence-electron chi connectivity index (χ3n) is 2.17. The number of aromatic nitrogens is 2. The maximum atomic E-state index is 11.0. The van der Waals surface area contributed by atoms with Crippen molar-refractivity contribution in [3.8, 4) is 5.75 Å². The third-order valence-corrected chi connectivity index (χ3v) is 3.04. The predicted molar refractivity (Wildman–Crippen MR) is 65.7 cm³/mol. The van der Waals surface area contributed by atoms with Gasteiger partial charge in [-0.05, 0) is 12.1 Å². The van der Waals surface area contributed by atoms with Crippen LogP contribution in [0, 0.1) is 0 Å². The number of nitrogens with one attached hydrogen (secondary N) is 2. The number of carbonyl (C=O) groups is 1. The van der Waals surface area contributed by atoms with Crippen molar-refractivity contribution in [1.82, 2.24) is 15.4 Å². The van der Waals surface area contributed by atoms with E-state index in [0.717, 1.165) is 16.8 Å². The largest absolute Gasteiger partial charge is 0.497 e. The molecule has 7 heteroatoms. The Kier molecular flexibility index (Phi) is 3.50. The summed E-state index contributed by atoms with van der Waals surface area (Å²) in [4.78, 5) is 18.4. The molecule has 0 radical (unpaired) electrons. The highest BCUT2D eigenvalue weighted by Gasteiger charge is 2.06. The monoisotopic (exact) mass is 252 g/mol. The first-order chi connectivity index (χ1) is 8.22. The fraction of sp³-hybridized carbons (Fsp3) is 0.200. The van der Waals surface area contributed by atoms with E-state index in [1.54, 1.807) is 7.11 Å². The highest BCUT2D eigenvalue weighted by molar-refractivity contribution is 7.99. The first-order valence-electron chi connectivity index (χ1n) is 4.89. The molecule has 2 rings (SSSR count). The number of amides is 1. The summed E-state index contributed by atoms with van der Waals surface area (Å²) in [6, 6.07) is 5.55. The van der Waals surface area contributed by atoms with Crippen molar-refractivity contribution in [3.05, 3.63) is 18.2 Å². The van der Waals surface area contributed by atoms with Gasteiger partial charge in [0.05, 0.1) is 23.9 Å². The van der Waals surface area contributed by atoms with E-state index in [1.807, 2.05) is 18.2 Å². The van der Waals surface area contributed by atoms with Gasteiger partial charge < -0.3 is 9.72 Å². The number of nitrogens with two attached hydrogens (primary N) is 1. The van der Waals surface area contributed by atoms with Crippen molar-refractivity contribution in [1.29, 1.82) is 0 Å². The van der Waals surface area contributed by atoms with E-state index in [-0.39, 0.29) is 11.7 Å². The van der Waals surface area contributed by atoms with Gasteiger partial charge in [0.1, 0.15) is 5.75 Å². The summed E-state index contributed by atoms with van der Waals surface area (Å²) in [6.07, 6.45) is 0. The number of ether oxygens (including phenoxy) is 1. The van der Waals surface area contributed by atoms with Gasteiger partial charge in [-0.3, -0.25) is 10.2 Å². The maximum absolute atomic E-state index is 11.0. The molecule has 1 aromatic heterocycles. The number of fused-ring (bicyclic) bond motifs is 1. The smallest absolute Gasteiger partial charge is 0.244 e. The molecule has 0 bridgehead atoms. The van der Waals surface area contributed by atoms with Gasteiger partial charge in [0, 0.05) is 6.07 Å². The fourth-order valence-electron chi connectivity index (χ4n) is 1.34. The van der Waals surface area contributed by atoms with Crippen molar-refractivity contribution in [2.24, 2.45) is 5.84 Å². The number of methoxy groups -OCH3 is 1. The van der Waals surface area contributed by atoms with Crippen LogP contribution in [0.5, 0.6) is 5.75 Å². The van der Waals surface area contributed by atoms with Crippen LogP contribution in [0.1, 0.15) is 0 Å². The number of hydrogen-bond acceptors (Lipinski definition) is 5. The van der Waals surface area contributed by atoms with Crippen LogP contribution in [0.4, 0.5) is 0 Å². The number of nitrogens with zero attached hydrogens (tertiary/aromatic N) is 1. The first-order valence-corrected chi connectivity index (χ1v) is 5.87. The van der Waals surface area contributed by atoms with Crippen LogP contribution in [-0.2, 0) is 4.79 Å². The first kappa shape index (κ1) is 11.7. The Balaban J connectivity index is 2.17. The molecule has 6 nitrogen and oxygen atoms in total. The minimum absolute atomic E-state index is 0.230. The molecule has 2 aromatic rings. The summed E-state index contributed by atoms with van der Waals surface area (Å²) in [5, 5.41) is 0.678. The van der Waals surface area contributed by atoms with Crippen LogP contribution in [0.15, 0.2) is 23.4 Å². The third kappa shape index (κ3) is 2.69. The van der Waals surface area contributed by atoms with Crippen LogP contribution in [-0.4, -0.2) is 28.7 Å². The number of hydrazine groups is 1. The molecular weight excluding hydrogens is 240 g/mol. The van der Waals surface area contributed by atoms with E-state index < -0.39 is 0 Å². The molecule has 4 N–H and O–H groups in total. The van der Waals surface area contributed by atoms with E-state index in [2.05, 4.69) is 15.4 Å². The van der Waals surface area contributed by atoms with Crippen LogP contribution in [0.25, 0.3) is 11.0 Å². The van der Waals surface area contributed by atoms with Gasteiger partial charge in [0.2, 0.25) is 5.91 Å². The molecule has 0 unspecified atom stereocenters. The highest BCUT2D eigenvalue weighted by Crippen LogP contribution is 2.22. The summed E-state index contributed by atoms with van der Waals surface area (Å²) in [5.74, 6) is 5.74. The average molecular weight is 252 g/mol. The second-order valence-electron chi connectivity index (χ2n) is 3.28. The molecule has 0 aliphatic heterocycles. The molecule has 0 fully saturated rings. The second kappa shape index (κ2) is 5.07. The van der Waals surface area contributed by atoms with Crippen molar-refractivity contribution in [3.63, 3.8) is 0 Å². The Morgan fingerprint density at radius 2 is 2.47 bits per heavy atom. The molecule has 0 aliphatic carbocycles. The molecule has 1 amide bonds. The lowest BCUT2D eigenvalue weighted by molar-refractivity contribution is -0.118. The van der Waals surface area contributed by atoms with Crippen molar-refractivity contribution < 1.29 is 9.53 Å². The molecule has 0 spiro atoms. The quantitative estimate of drug-likeness (QED) is 0.321. The van der Waals surface area contributed by atoms with E-state index in [1.165, 1.54) is 11.8 Å². The molecule has 1 aromatic carbocycles. The molecule has 0 saturated carbocycles. The summed E-state index contributed by atoms with van der Waals surface area (Å²) in [7, 11) is 1.61. The number of aromatic amines is 1. The van der Waals surface area contributed by atoms with Crippen molar-refractivity contribution >= 4 is 28.7 Å². The van der Waals surface area contributed by atoms with Gasteiger partial charge in [0.15, 0.2) is 5.16 Å². The van der Waals surface area contributed by atoms with Crippen molar-refractivity contribution in [2.75, 3.05) is 12.9 Å². The molecule has 1 heterocycles. The minimum atomic E-state index is -0.243. The van der Waals surface area contributed by atoms with E-state index in [0.29, 0.717) is 5.16 Å². The normalized spacial score (nSPS) is 10.5. The van der Waals surface area contributed by atoms with E-state index in [4.69, 9.17) is 10.6 Å². The second-order valence-corrected chi connectivity index (χ2v) is 4.25. The van der Waals surface area contributed by atoms with Gasteiger partial charge >= 0.3 is 0 Å². The number of rotatable bonds is 4. The van der Waals surface area contributed by atoms with Gasteiger partial charge in [-0.1, -0.05) is 11.8 Å². The average Bonchev–Trinajstić information content (AvgIpc) is 2.77. The lowest BCUT2D eigenvalue weighted by Crippen LogP contribution is -2.31. The lowest BCUT2D eigenvalue weighted by Gasteiger charge is -1.96. The Bertz CT molecular complexity index is 540. The van der Waals surface area contributed by atoms with Crippen LogP contribution >= 0.6 is 11.8 Å². The summed E-state index contributed by atoms with van der Waals surface area (Å²) < 4.78 is 5.11. The van der Waals surface area contributed by atoms with Crippen molar-refractivity contribution in [2.45, 2.75) is 5.16 Å². The SMILES string of the molecule is COc1ccc2nc(SCC(=O)NN)[nH]c2c1. The topological polar surface area (TPSA) is 93.0 Å². The molecule has 0 saturated heterocycles. The summed E-state index contributed by atoms with van der Waals surface area (Å²) in [5.41, 5.74) is 3.78. The number of H-pyrrole nitrogens is 1. The zero-order valence-electron chi connectivity index (χ0n) is 9.19. The molecule has 0 aliphatic rings. The highest BCUT2D eigenvalue weighted by atomic mass is 32.2. The van der Waals surface area contributed by atoms with Crippen LogP contribution in [0.3, 0.4) is 0 Å².